The molecule has 100 valence electrons. The topological polar surface area (TPSA) is 37.8 Å². The van der Waals surface area contributed by atoms with Crippen molar-refractivity contribution in [2.45, 2.75) is 20.3 Å². The fraction of sp³-hybridized carbons (Fsp3) is 0.333. The van der Waals surface area contributed by atoms with E-state index in [0.29, 0.717) is 16.8 Å². The zero-order valence-corrected chi connectivity index (χ0v) is 12.2. The van der Waals surface area contributed by atoms with Gasteiger partial charge in [-0.05, 0) is 24.5 Å². The Hall–Kier alpha value is -1.61. The van der Waals surface area contributed by atoms with E-state index in [1.165, 1.54) is 0 Å². The van der Waals surface area contributed by atoms with E-state index in [2.05, 4.69) is 29.1 Å². The molecular weight excluding hydrogens is 258 g/mol. The second-order valence-electron chi connectivity index (χ2n) is 4.93. The van der Waals surface area contributed by atoms with Crippen LogP contribution in [0.25, 0.3) is 11.4 Å². The standard InChI is InChI=1S/C15H18ClN3/c1-10(2)7-13-9-14(17-3)19-15(18-13)11-5-4-6-12(16)8-11/h4-6,8-10H,7H2,1-3H3,(H,17,18,19). The van der Waals surface area contributed by atoms with Gasteiger partial charge in [0.1, 0.15) is 5.82 Å². The van der Waals surface area contributed by atoms with Crippen LogP contribution in [-0.2, 0) is 6.42 Å². The third-order valence-corrected chi connectivity index (χ3v) is 2.97. The van der Waals surface area contributed by atoms with E-state index in [1.54, 1.807) is 0 Å². The highest BCUT2D eigenvalue weighted by Gasteiger charge is 2.08. The molecule has 0 spiro atoms. The third kappa shape index (κ3) is 3.67. The Morgan fingerprint density at radius 3 is 2.63 bits per heavy atom. The van der Waals surface area contributed by atoms with Crippen molar-refractivity contribution in [3.63, 3.8) is 0 Å². The average Bonchev–Trinajstić information content (AvgIpc) is 2.37. The Kier molecular flexibility index (Phi) is 4.38. The second-order valence-corrected chi connectivity index (χ2v) is 5.36. The molecule has 0 bridgehead atoms. The lowest BCUT2D eigenvalue weighted by atomic mass is 10.1. The van der Waals surface area contributed by atoms with E-state index in [0.717, 1.165) is 23.5 Å². The van der Waals surface area contributed by atoms with Crippen molar-refractivity contribution in [3.8, 4) is 11.4 Å². The molecule has 0 unspecified atom stereocenters. The van der Waals surface area contributed by atoms with Crippen LogP contribution in [0.15, 0.2) is 30.3 Å². The number of anilines is 1. The number of rotatable bonds is 4. The summed E-state index contributed by atoms with van der Waals surface area (Å²) in [7, 11) is 1.86. The van der Waals surface area contributed by atoms with Gasteiger partial charge in [0, 0.05) is 29.4 Å². The summed E-state index contributed by atoms with van der Waals surface area (Å²) in [6, 6.07) is 9.61. The lowest BCUT2D eigenvalue weighted by Gasteiger charge is -2.09. The van der Waals surface area contributed by atoms with Crippen molar-refractivity contribution >= 4 is 17.4 Å². The van der Waals surface area contributed by atoms with E-state index in [1.807, 2.05) is 37.4 Å². The minimum atomic E-state index is 0.562. The van der Waals surface area contributed by atoms with Crippen LogP contribution >= 0.6 is 11.6 Å². The summed E-state index contributed by atoms with van der Waals surface area (Å²) in [4.78, 5) is 9.11. The molecule has 1 heterocycles. The number of nitrogens with zero attached hydrogens (tertiary/aromatic N) is 2. The van der Waals surface area contributed by atoms with Crippen molar-refractivity contribution in [3.05, 3.63) is 41.0 Å². The smallest absolute Gasteiger partial charge is 0.161 e. The molecule has 2 rings (SSSR count). The van der Waals surface area contributed by atoms with Gasteiger partial charge in [0.2, 0.25) is 0 Å². The molecule has 1 N–H and O–H groups in total. The van der Waals surface area contributed by atoms with Crippen molar-refractivity contribution in [1.29, 1.82) is 0 Å². The lowest BCUT2D eigenvalue weighted by molar-refractivity contribution is 0.635. The summed E-state index contributed by atoms with van der Waals surface area (Å²) in [5.74, 6) is 2.11. The van der Waals surface area contributed by atoms with Gasteiger partial charge < -0.3 is 5.32 Å². The molecule has 1 aromatic heterocycles. The number of hydrogen-bond donors (Lipinski definition) is 1. The van der Waals surface area contributed by atoms with Gasteiger partial charge in [-0.25, -0.2) is 9.97 Å². The first-order valence-corrected chi connectivity index (χ1v) is 6.78. The molecule has 1 aromatic carbocycles. The summed E-state index contributed by atoms with van der Waals surface area (Å²) in [5.41, 5.74) is 1.99. The molecule has 3 nitrogen and oxygen atoms in total. The minimum absolute atomic E-state index is 0.562. The van der Waals surface area contributed by atoms with Crippen LogP contribution in [-0.4, -0.2) is 17.0 Å². The minimum Gasteiger partial charge on any atom is -0.373 e. The highest BCUT2D eigenvalue weighted by molar-refractivity contribution is 6.30. The van der Waals surface area contributed by atoms with E-state index in [9.17, 15) is 0 Å². The van der Waals surface area contributed by atoms with Crippen LogP contribution in [0.5, 0.6) is 0 Å². The highest BCUT2D eigenvalue weighted by Crippen LogP contribution is 2.22. The number of hydrogen-bond acceptors (Lipinski definition) is 3. The van der Waals surface area contributed by atoms with Crippen LogP contribution < -0.4 is 5.32 Å². The van der Waals surface area contributed by atoms with Crippen molar-refractivity contribution < 1.29 is 0 Å². The summed E-state index contributed by atoms with van der Waals surface area (Å²) in [6.07, 6.45) is 0.935. The highest BCUT2D eigenvalue weighted by atomic mass is 35.5. The number of aromatic nitrogens is 2. The van der Waals surface area contributed by atoms with E-state index >= 15 is 0 Å². The molecule has 0 amide bonds. The molecular formula is C15H18ClN3. The quantitative estimate of drug-likeness (QED) is 0.915. The predicted octanol–water partition coefficient (Wildman–Crippen LogP) is 4.04. The van der Waals surface area contributed by atoms with Gasteiger partial charge in [-0.1, -0.05) is 37.6 Å². The van der Waals surface area contributed by atoms with Crippen LogP contribution in [0.3, 0.4) is 0 Å². The average molecular weight is 276 g/mol. The zero-order chi connectivity index (χ0) is 13.8. The Labute approximate surface area is 119 Å². The predicted molar refractivity (Wildman–Crippen MR) is 80.6 cm³/mol. The van der Waals surface area contributed by atoms with Crippen molar-refractivity contribution in [1.82, 2.24) is 9.97 Å². The Bertz CT molecular complexity index is 567. The Morgan fingerprint density at radius 2 is 2.00 bits per heavy atom. The van der Waals surface area contributed by atoms with Gasteiger partial charge in [-0.3, -0.25) is 0 Å². The number of nitrogens with one attached hydrogen (secondary N) is 1. The molecule has 0 aliphatic carbocycles. The fourth-order valence-corrected chi connectivity index (χ4v) is 2.10. The maximum absolute atomic E-state index is 6.02. The monoisotopic (exact) mass is 275 g/mol. The fourth-order valence-electron chi connectivity index (χ4n) is 1.91. The summed E-state index contributed by atoms with van der Waals surface area (Å²) in [5, 5.41) is 3.78. The number of halogens is 1. The van der Waals surface area contributed by atoms with Gasteiger partial charge >= 0.3 is 0 Å². The van der Waals surface area contributed by atoms with Crippen molar-refractivity contribution in [2.24, 2.45) is 5.92 Å². The summed E-state index contributed by atoms with van der Waals surface area (Å²) < 4.78 is 0. The molecule has 0 aliphatic heterocycles. The molecule has 0 saturated carbocycles. The molecule has 0 atom stereocenters. The van der Waals surface area contributed by atoms with Crippen molar-refractivity contribution in [2.75, 3.05) is 12.4 Å². The molecule has 19 heavy (non-hydrogen) atoms. The number of benzene rings is 1. The molecule has 0 fully saturated rings. The molecule has 0 aliphatic rings. The second kappa shape index (κ2) is 6.02. The Morgan fingerprint density at radius 1 is 1.21 bits per heavy atom. The summed E-state index contributed by atoms with van der Waals surface area (Å²) in [6.45, 7) is 4.36. The normalized spacial score (nSPS) is 10.8. The lowest BCUT2D eigenvalue weighted by Crippen LogP contribution is -2.03. The van der Waals surface area contributed by atoms with Crippen LogP contribution in [0.1, 0.15) is 19.5 Å². The van der Waals surface area contributed by atoms with Gasteiger partial charge in [-0.15, -0.1) is 0 Å². The first-order valence-electron chi connectivity index (χ1n) is 6.40. The van der Waals surface area contributed by atoms with Crippen LogP contribution in [0.2, 0.25) is 5.02 Å². The molecule has 4 heteroatoms. The first kappa shape index (κ1) is 13.8. The van der Waals surface area contributed by atoms with Gasteiger partial charge in [0.25, 0.3) is 0 Å². The van der Waals surface area contributed by atoms with Gasteiger partial charge in [-0.2, -0.15) is 0 Å². The SMILES string of the molecule is CNc1cc(CC(C)C)nc(-c2cccc(Cl)c2)n1. The van der Waals surface area contributed by atoms with Crippen LogP contribution in [0.4, 0.5) is 5.82 Å². The maximum Gasteiger partial charge on any atom is 0.161 e. The van der Waals surface area contributed by atoms with Crippen LogP contribution in [0, 0.1) is 5.92 Å². The van der Waals surface area contributed by atoms with Gasteiger partial charge in [0.05, 0.1) is 0 Å². The molecule has 0 saturated heterocycles. The Balaban J connectivity index is 2.44. The van der Waals surface area contributed by atoms with Gasteiger partial charge in [0.15, 0.2) is 5.82 Å². The molecule has 2 aromatic rings. The molecule has 0 radical (unpaired) electrons. The third-order valence-electron chi connectivity index (χ3n) is 2.74. The van der Waals surface area contributed by atoms with E-state index in [4.69, 9.17) is 11.6 Å². The summed E-state index contributed by atoms with van der Waals surface area (Å²) >= 11 is 6.02. The zero-order valence-electron chi connectivity index (χ0n) is 11.4. The maximum atomic E-state index is 6.02. The largest absolute Gasteiger partial charge is 0.373 e. The van der Waals surface area contributed by atoms with E-state index in [-0.39, 0.29) is 0 Å². The van der Waals surface area contributed by atoms with E-state index < -0.39 is 0 Å². The first-order chi connectivity index (χ1) is 9.08.